The Morgan fingerprint density at radius 3 is 2.53 bits per heavy atom. The first-order valence-electron chi connectivity index (χ1n) is 5.52. The van der Waals surface area contributed by atoms with Gasteiger partial charge in [0.25, 0.3) is 0 Å². The van der Waals surface area contributed by atoms with Crippen LogP contribution in [0.1, 0.15) is 27.2 Å². The molecule has 1 atom stereocenters. The average Bonchev–Trinajstić information content (AvgIpc) is 2.20. The second-order valence-corrected chi connectivity index (χ2v) is 4.67. The van der Waals surface area contributed by atoms with E-state index in [1.807, 2.05) is 13.8 Å². The minimum atomic E-state index is -1.41. The van der Waals surface area contributed by atoms with E-state index in [9.17, 15) is 14.3 Å². The van der Waals surface area contributed by atoms with Gasteiger partial charge in [0.15, 0.2) is 11.6 Å². The van der Waals surface area contributed by atoms with Crippen molar-refractivity contribution in [1.29, 1.82) is 0 Å². The van der Waals surface area contributed by atoms with Crippen LogP contribution in [0.3, 0.4) is 0 Å². The molecular weight excluding hydrogens is 223 g/mol. The smallest absolute Gasteiger partial charge is 0.347 e. The van der Waals surface area contributed by atoms with Gasteiger partial charge in [0.2, 0.25) is 5.60 Å². The van der Waals surface area contributed by atoms with Gasteiger partial charge in [-0.25, -0.2) is 9.18 Å². The molecule has 0 bridgehead atoms. The molecule has 0 aromatic heterocycles. The Bertz CT molecular complexity index is 403. The zero-order chi connectivity index (χ0) is 13.1. The first-order valence-corrected chi connectivity index (χ1v) is 5.52. The summed E-state index contributed by atoms with van der Waals surface area (Å²) in [6.07, 6.45) is 0.316. The van der Waals surface area contributed by atoms with Crippen molar-refractivity contribution in [3.63, 3.8) is 0 Å². The number of hydrogen-bond donors (Lipinski definition) is 1. The van der Waals surface area contributed by atoms with Gasteiger partial charge in [-0.3, -0.25) is 0 Å². The van der Waals surface area contributed by atoms with Crippen LogP contribution in [0.25, 0.3) is 0 Å². The normalized spacial score (nSPS) is 14.4. The van der Waals surface area contributed by atoms with Crippen LogP contribution in [0, 0.1) is 11.7 Å². The van der Waals surface area contributed by atoms with E-state index in [-0.39, 0.29) is 11.7 Å². The second-order valence-electron chi connectivity index (χ2n) is 4.67. The maximum Gasteiger partial charge on any atom is 0.347 e. The number of carbonyl (C=O) groups is 1. The van der Waals surface area contributed by atoms with Crippen molar-refractivity contribution >= 4 is 5.97 Å². The fraction of sp³-hybridized carbons (Fsp3) is 0.462. The van der Waals surface area contributed by atoms with Crippen molar-refractivity contribution in [2.75, 3.05) is 0 Å². The van der Waals surface area contributed by atoms with Crippen LogP contribution in [0.15, 0.2) is 24.3 Å². The molecule has 1 aromatic rings. The molecule has 0 fully saturated rings. The molecule has 1 unspecified atom stereocenters. The number of para-hydroxylation sites is 1. The summed E-state index contributed by atoms with van der Waals surface area (Å²) in [6.45, 7) is 5.25. The standard InChI is InChI=1S/C13H17FO3/c1-9(2)8-13(3,12(15)16)17-11-7-5-4-6-10(11)14/h4-7,9H,8H2,1-3H3,(H,15,16). The largest absolute Gasteiger partial charge is 0.478 e. The van der Waals surface area contributed by atoms with E-state index in [2.05, 4.69) is 0 Å². The highest BCUT2D eigenvalue weighted by Crippen LogP contribution is 2.26. The summed E-state index contributed by atoms with van der Waals surface area (Å²) < 4.78 is 18.7. The van der Waals surface area contributed by atoms with Gasteiger partial charge < -0.3 is 9.84 Å². The number of carboxylic acid groups (broad SMARTS) is 1. The van der Waals surface area contributed by atoms with Crippen LogP contribution in [-0.4, -0.2) is 16.7 Å². The summed E-state index contributed by atoms with van der Waals surface area (Å²) >= 11 is 0. The Morgan fingerprint density at radius 1 is 1.47 bits per heavy atom. The van der Waals surface area contributed by atoms with Crippen molar-refractivity contribution in [3.8, 4) is 5.75 Å². The van der Waals surface area contributed by atoms with Gasteiger partial charge in [0, 0.05) is 6.42 Å². The molecule has 1 rings (SSSR count). The maximum atomic E-state index is 13.4. The topological polar surface area (TPSA) is 46.5 Å². The van der Waals surface area contributed by atoms with Gasteiger partial charge in [0.1, 0.15) is 0 Å². The number of halogens is 1. The first kappa shape index (κ1) is 13.5. The lowest BCUT2D eigenvalue weighted by Crippen LogP contribution is -2.42. The summed E-state index contributed by atoms with van der Waals surface area (Å²) in [6, 6.07) is 5.81. The number of ether oxygens (including phenoxy) is 1. The van der Waals surface area contributed by atoms with Crippen molar-refractivity contribution in [2.45, 2.75) is 32.8 Å². The second kappa shape index (κ2) is 5.17. The van der Waals surface area contributed by atoms with E-state index in [1.165, 1.54) is 25.1 Å². The Labute approximate surface area is 100 Å². The third kappa shape index (κ3) is 3.44. The van der Waals surface area contributed by atoms with Gasteiger partial charge in [-0.1, -0.05) is 26.0 Å². The lowest BCUT2D eigenvalue weighted by molar-refractivity contribution is -0.155. The zero-order valence-electron chi connectivity index (χ0n) is 10.2. The predicted octanol–water partition coefficient (Wildman–Crippen LogP) is 3.09. The fourth-order valence-corrected chi connectivity index (χ4v) is 1.72. The molecule has 0 aliphatic rings. The molecule has 4 heteroatoms. The van der Waals surface area contributed by atoms with Crippen LogP contribution in [-0.2, 0) is 4.79 Å². The molecule has 0 amide bonds. The van der Waals surface area contributed by atoms with E-state index >= 15 is 0 Å². The van der Waals surface area contributed by atoms with Gasteiger partial charge in [-0.15, -0.1) is 0 Å². The first-order chi connectivity index (χ1) is 7.85. The van der Waals surface area contributed by atoms with E-state index in [4.69, 9.17) is 4.74 Å². The highest BCUT2D eigenvalue weighted by molar-refractivity contribution is 5.77. The molecule has 0 aliphatic carbocycles. The van der Waals surface area contributed by atoms with E-state index in [1.54, 1.807) is 6.07 Å². The van der Waals surface area contributed by atoms with E-state index in [0.717, 1.165) is 0 Å². The lowest BCUT2D eigenvalue weighted by atomic mass is 9.94. The summed E-state index contributed by atoms with van der Waals surface area (Å²) in [5, 5.41) is 9.19. The van der Waals surface area contributed by atoms with E-state index < -0.39 is 17.4 Å². The Morgan fingerprint density at radius 2 is 2.06 bits per heavy atom. The molecule has 94 valence electrons. The fourth-order valence-electron chi connectivity index (χ4n) is 1.72. The summed E-state index contributed by atoms with van der Waals surface area (Å²) in [7, 11) is 0. The molecule has 0 saturated carbocycles. The Kier molecular flexibility index (Phi) is 4.10. The molecule has 0 aliphatic heterocycles. The van der Waals surface area contributed by atoms with E-state index in [0.29, 0.717) is 6.42 Å². The average molecular weight is 240 g/mol. The molecule has 0 spiro atoms. The highest BCUT2D eigenvalue weighted by Gasteiger charge is 2.36. The third-order valence-corrected chi connectivity index (χ3v) is 2.42. The van der Waals surface area contributed by atoms with Crippen LogP contribution in [0.5, 0.6) is 5.75 Å². The quantitative estimate of drug-likeness (QED) is 0.860. The monoisotopic (exact) mass is 240 g/mol. The van der Waals surface area contributed by atoms with Gasteiger partial charge in [-0.05, 0) is 25.0 Å². The predicted molar refractivity (Wildman–Crippen MR) is 62.5 cm³/mol. The van der Waals surface area contributed by atoms with Crippen LogP contribution < -0.4 is 4.74 Å². The number of carboxylic acids is 1. The summed E-state index contributed by atoms with van der Waals surface area (Å²) in [4.78, 5) is 11.2. The number of benzene rings is 1. The molecule has 0 radical (unpaired) electrons. The van der Waals surface area contributed by atoms with Crippen molar-refractivity contribution in [2.24, 2.45) is 5.92 Å². The highest BCUT2D eigenvalue weighted by atomic mass is 19.1. The SMILES string of the molecule is CC(C)CC(C)(Oc1ccccc1F)C(=O)O. The molecule has 17 heavy (non-hydrogen) atoms. The zero-order valence-corrected chi connectivity index (χ0v) is 10.2. The molecule has 1 aromatic carbocycles. The number of hydrogen-bond acceptors (Lipinski definition) is 2. The van der Waals surface area contributed by atoms with Crippen LogP contribution in [0.2, 0.25) is 0 Å². The Hall–Kier alpha value is -1.58. The van der Waals surface area contributed by atoms with Gasteiger partial charge in [-0.2, -0.15) is 0 Å². The minimum absolute atomic E-state index is 0.0296. The molecular formula is C13H17FO3. The molecule has 3 nitrogen and oxygen atoms in total. The molecule has 0 heterocycles. The maximum absolute atomic E-state index is 13.4. The Balaban J connectivity index is 2.95. The molecule has 0 saturated heterocycles. The number of aliphatic carboxylic acids is 1. The minimum Gasteiger partial charge on any atom is -0.478 e. The molecule has 1 N–H and O–H groups in total. The lowest BCUT2D eigenvalue weighted by Gasteiger charge is -2.28. The van der Waals surface area contributed by atoms with Crippen LogP contribution in [0.4, 0.5) is 4.39 Å². The van der Waals surface area contributed by atoms with Gasteiger partial charge >= 0.3 is 5.97 Å². The number of rotatable bonds is 5. The summed E-state index contributed by atoms with van der Waals surface area (Å²) in [5.41, 5.74) is -1.41. The van der Waals surface area contributed by atoms with Gasteiger partial charge in [0.05, 0.1) is 0 Å². The van der Waals surface area contributed by atoms with Crippen molar-refractivity contribution < 1.29 is 19.0 Å². The van der Waals surface area contributed by atoms with Crippen LogP contribution >= 0.6 is 0 Å². The van der Waals surface area contributed by atoms with Crippen molar-refractivity contribution in [3.05, 3.63) is 30.1 Å². The van der Waals surface area contributed by atoms with Crippen molar-refractivity contribution in [1.82, 2.24) is 0 Å². The summed E-state index contributed by atoms with van der Waals surface area (Å²) in [5.74, 6) is -1.53. The third-order valence-electron chi connectivity index (χ3n) is 2.42.